The molecule has 0 bridgehead atoms. The lowest BCUT2D eigenvalue weighted by molar-refractivity contribution is -0.148. The number of esters is 2. The number of hydrogen-bond donors (Lipinski definition) is 3. The van der Waals surface area contributed by atoms with Crippen molar-refractivity contribution in [2.75, 3.05) is 26.3 Å². The van der Waals surface area contributed by atoms with Gasteiger partial charge in [-0.2, -0.15) is 0 Å². The third-order valence-corrected chi connectivity index (χ3v) is 14.1. The van der Waals surface area contributed by atoms with Crippen LogP contribution in [0.25, 0.3) is 0 Å². The van der Waals surface area contributed by atoms with Gasteiger partial charge in [-0.1, -0.05) is 63.5 Å². The smallest absolute Gasteiger partial charge is 0.328 e. The normalized spacial score (nSPS) is 18.5. The monoisotopic (exact) mass is 951 g/mol. The van der Waals surface area contributed by atoms with Crippen molar-refractivity contribution in [1.82, 2.24) is 40.8 Å². The summed E-state index contributed by atoms with van der Waals surface area (Å²) in [5.41, 5.74) is 7.97. The summed E-state index contributed by atoms with van der Waals surface area (Å²) in [6.45, 7) is 6.46. The third kappa shape index (κ3) is 18.1. The van der Waals surface area contributed by atoms with Gasteiger partial charge in [-0.15, -0.1) is 0 Å². The lowest BCUT2D eigenvalue weighted by atomic mass is 9.95. The molecule has 378 valence electrons. The average Bonchev–Trinajstić information content (AvgIpc) is 4.09. The Labute approximate surface area is 412 Å². The van der Waals surface area contributed by atoms with Crippen LogP contribution in [0.3, 0.4) is 0 Å². The minimum absolute atomic E-state index is 0.0758. The zero-order valence-corrected chi connectivity index (χ0v) is 42.0. The van der Waals surface area contributed by atoms with Crippen LogP contribution < -0.4 is 16.0 Å². The van der Waals surface area contributed by atoms with Gasteiger partial charge in [0.05, 0.1) is 31.8 Å². The molecule has 4 aliphatic rings. The number of rotatable bonds is 26. The maximum absolute atomic E-state index is 13.2. The number of amides is 2. The lowest BCUT2D eigenvalue weighted by Gasteiger charge is -2.25. The Morgan fingerprint density at radius 3 is 1.70 bits per heavy atom. The summed E-state index contributed by atoms with van der Waals surface area (Å²) in [5.74, 6) is -0.124. The molecule has 0 saturated carbocycles. The number of fused-ring (bicyclic) bond motifs is 2. The number of unbranched alkanes of at least 4 members (excludes halogenated alkanes) is 8. The molecule has 4 atom stereocenters. The van der Waals surface area contributed by atoms with E-state index in [4.69, 9.17) is 19.4 Å². The molecule has 3 aromatic heterocycles. The highest BCUT2D eigenvalue weighted by molar-refractivity contribution is 5.88. The number of ether oxygens (including phenoxy) is 2. The van der Waals surface area contributed by atoms with Crippen molar-refractivity contribution in [1.29, 1.82) is 0 Å². The van der Waals surface area contributed by atoms with E-state index >= 15 is 0 Å². The fourth-order valence-corrected chi connectivity index (χ4v) is 10.2. The summed E-state index contributed by atoms with van der Waals surface area (Å²) in [6, 6.07) is 9.18. The van der Waals surface area contributed by atoms with Crippen LogP contribution in [0.15, 0.2) is 42.7 Å². The summed E-state index contributed by atoms with van der Waals surface area (Å²) in [6.07, 6.45) is 30.8. The molecule has 0 radical (unpaired) electrons. The van der Waals surface area contributed by atoms with E-state index in [2.05, 4.69) is 55.1 Å². The zero-order valence-electron chi connectivity index (χ0n) is 42.0. The largest absolute Gasteiger partial charge is 0.464 e. The van der Waals surface area contributed by atoms with Crippen molar-refractivity contribution in [3.8, 4) is 0 Å². The Morgan fingerprint density at radius 1 is 0.638 bits per heavy atom. The number of nitrogens with one attached hydrogen (secondary N) is 3. The lowest BCUT2D eigenvalue weighted by Crippen LogP contribution is -2.49. The molecule has 0 spiro atoms. The standard InChI is InChI=1S/C30H43N5O3.C25H39N3O3/c1-2-38-30(37)26(34-29(36)27-16-10-21-35(27)22-28-31-19-11-20-32-28)15-7-5-3-4-6-13-24-18-17-23-12-8-9-14-25(23)33-24;1-2-31-25(30)23(28-24(29)22-15-10-18-26-22)14-7-5-3-4-6-12-20-17-16-19-11-8-9-13-21(19)27-20/h11,17-20,26-27H,2-10,12-16,21-22H2,1H3,(H,34,36);16-17,22-23,26H,2-15,18H2,1H3,(H,28,29)/t26-,27-;22-,23-/m00/s1. The van der Waals surface area contributed by atoms with E-state index in [1.54, 1.807) is 32.3 Å². The quantitative estimate of drug-likeness (QED) is 0.0523. The second kappa shape index (κ2) is 30.0. The van der Waals surface area contributed by atoms with E-state index in [0.717, 1.165) is 122 Å². The SMILES string of the molecule is CCOC(=O)[C@H](CCCCCCCc1ccc2c(n1)CCCC2)NC(=O)[C@@H]1CCCN1.CCOC(=O)[C@H](CCCCCCCc1ccc2c(n1)CCCC2)NC(=O)[C@@H]1CCCN1Cc1ncccn1. The van der Waals surface area contributed by atoms with Crippen LogP contribution in [0.1, 0.15) is 182 Å². The maximum atomic E-state index is 13.2. The molecule has 0 unspecified atom stereocenters. The van der Waals surface area contributed by atoms with Crippen LogP contribution in [-0.4, -0.2) is 99.1 Å². The van der Waals surface area contributed by atoms with Gasteiger partial charge in [-0.3, -0.25) is 24.5 Å². The summed E-state index contributed by atoms with van der Waals surface area (Å²) in [5, 5.41) is 9.10. The molecule has 3 N–H and O–H groups in total. The predicted octanol–water partition coefficient (Wildman–Crippen LogP) is 7.99. The van der Waals surface area contributed by atoms with Crippen molar-refractivity contribution < 1.29 is 28.7 Å². The molecule has 2 aliphatic heterocycles. The van der Waals surface area contributed by atoms with E-state index < -0.39 is 12.1 Å². The van der Waals surface area contributed by atoms with Gasteiger partial charge >= 0.3 is 11.9 Å². The number of carbonyl (C=O) groups is 4. The third-order valence-electron chi connectivity index (χ3n) is 14.1. The van der Waals surface area contributed by atoms with Crippen molar-refractivity contribution in [2.24, 2.45) is 0 Å². The Morgan fingerprint density at radius 2 is 1.16 bits per heavy atom. The molecule has 69 heavy (non-hydrogen) atoms. The number of hydrogen-bond acceptors (Lipinski definition) is 12. The maximum Gasteiger partial charge on any atom is 0.328 e. The van der Waals surface area contributed by atoms with Gasteiger partial charge in [-0.05, 0) is 172 Å². The first-order chi connectivity index (χ1) is 33.8. The first-order valence-electron chi connectivity index (χ1n) is 26.9. The first kappa shape index (κ1) is 53.5. The van der Waals surface area contributed by atoms with Crippen molar-refractivity contribution in [3.05, 3.63) is 82.5 Å². The van der Waals surface area contributed by atoms with E-state index in [0.29, 0.717) is 38.4 Å². The van der Waals surface area contributed by atoms with Crippen LogP contribution in [-0.2, 0) is 73.7 Å². The highest BCUT2D eigenvalue weighted by Crippen LogP contribution is 2.23. The molecule has 7 rings (SSSR count). The summed E-state index contributed by atoms with van der Waals surface area (Å²) in [7, 11) is 0. The Balaban J connectivity index is 0.000000232. The second-order valence-corrected chi connectivity index (χ2v) is 19.4. The Bertz CT molecular complexity index is 2030. The van der Waals surface area contributed by atoms with Gasteiger partial charge < -0.3 is 25.4 Å². The number of nitrogens with zero attached hydrogens (tertiary/aromatic N) is 5. The van der Waals surface area contributed by atoms with E-state index in [9.17, 15) is 19.2 Å². The highest BCUT2D eigenvalue weighted by Gasteiger charge is 2.34. The first-order valence-corrected chi connectivity index (χ1v) is 26.9. The second-order valence-electron chi connectivity index (χ2n) is 19.4. The van der Waals surface area contributed by atoms with Gasteiger partial charge in [0.25, 0.3) is 0 Å². The van der Waals surface area contributed by atoms with Crippen molar-refractivity contribution in [3.63, 3.8) is 0 Å². The van der Waals surface area contributed by atoms with Crippen LogP contribution in [0.4, 0.5) is 0 Å². The molecular formula is C55H82N8O6. The molecule has 2 amide bonds. The molecule has 2 saturated heterocycles. The molecule has 3 aromatic rings. The number of pyridine rings is 2. The summed E-state index contributed by atoms with van der Waals surface area (Å²) in [4.78, 5) is 70.9. The molecule has 2 fully saturated rings. The molecule has 2 aliphatic carbocycles. The molecule has 14 heteroatoms. The van der Waals surface area contributed by atoms with E-state index in [1.165, 1.54) is 78.8 Å². The Kier molecular flexibility index (Phi) is 23.3. The van der Waals surface area contributed by atoms with Crippen LogP contribution in [0.5, 0.6) is 0 Å². The molecule has 14 nitrogen and oxygen atoms in total. The fourth-order valence-electron chi connectivity index (χ4n) is 10.2. The summed E-state index contributed by atoms with van der Waals surface area (Å²) < 4.78 is 10.5. The van der Waals surface area contributed by atoms with Gasteiger partial charge in [0.1, 0.15) is 17.9 Å². The van der Waals surface area contributed by atoms with Gasteiger partial charge in [0.15, 0.2) is 0 Å². The van der Waals surface area contributed by atoms with Crippen LogP contribution in [0, 0.1) is 0 Å². The minimum atomic E-state index is -0.599. The fraction of sp³-hybridized carbons (Fsp3) is 0.673. The topological polar surface area (TPSA) is 178 Å². The minimum Gasteiger partial charge on any atom is -0.464 e. The van der Waals surface area contributed by atoms with E-state index in [1.807, 2.05) is 0 Å². The average molecular weight is 951 g/mol. The summed E-state index contributed by atoms with van der Waals surface area (Å²) >= 11 is 0. The van der Waals surface area contributed by atoms with Crippen molar-refractivity contribution >= 4 is 23.8 Å². The molecular weight excluding hydrogens is 869 g/mol. The van der Waals surface area contributed by atoms with Gasteiger partial charge in [0.2, 0.25) is 11.8 Å². The van der Waals surface area contributed by atoms with Crippen LogP contribution >= 0.6 is 0 Å². The number of carbonyl (C=O) groups excluding carboxylic acids is 4. The Hall–Kier alpha value is -4.82. The van der Waals surface area contributed by atoms with Crippen LogP contribution in [0.2, 0.25) is 0 Å². The number of aromatic nitrogens is 4. The predicted molar refractivity (Wildman–Crippen MR) is 268 cm³/mol. The zero-order chi connectivity index (χ0) is 48.5. The highest BCUT2D eigenvalue weighted by atomic mass is 16.5. The molecule has 0 aromatic carbocycles. The van der Waals surface area contributed by atoms with E-state index in [-0.39, 0.29) is 35.8 Å². The number of aryl methyl sites for hydroxylation is 6. The van der Waals surface area contributed by atoms with Gasteiger partial charge in [0, 0.05) is 35.2 Å². The number of likely N-dealkylation sites (tertiary alicyclic amines) is 1. The van der Waals surface area contributed by atoms with Gasteiger partial charge in [-0.25, -0.2) is 19.6 Å². The molecule has 5 heterocycles. The van der Waals surface area contributed by atoms with Crippen molar-refractivity contribution in [2.45, 2.75) is 212 Å².